The van der Waals surface area contributed by atoms with E-state index >= 15 is 0 Å². The molecule has 0 unspecified atom stereocenters. The summed E-state index contributed by atoms with van der Waals surface area (Å²) in [6, 6.07) is 9.58. The molecule has 0 bridgehead atoms. The Bertz CT molecular complexity index is 714. The van der Waals surface area contributed by atoms with E-state index in [-0.39, 0.29) is 5.91 Å². The highest BCUT2D eigenvalue weighted by Crippen LogP contribution is 2.27. The van der Waals surface area contributed by atoms with Crippen molar-refractivity contribution in [2.24, 2.45) is 0 Å². The van der Waals surface area contributed by atoms with E-state index in [1.54, 1.807) is 38.8 Å². The molecule has 2 rings (SSSR count). The first-order valence-corrected chi connectivity index (χ1v) is 8.25. The molecule has 132 valence electrons. The maximum atomic E-state index is 12.4. The monoisotopic (exact) mass is 340 g/mol. The van der Waals surface area contributed by atoms with Crippen molar-refractivity contribution in [3.05, 3.63) is 59.9 Å². The van der Waals surface area contributed by atoms with E-state index in [0.717, 1.165) is 17.5 Å². The lowest BCUT2D eigenvalue weighted by Gasteiger charge is -2.19. The van der Waals surface area contributed by atoms with Crippen LogP contribution in [0.1, 0.15) is 18.1 Å². The smallest absolute Gasteiger partial charge is 0.246 e. The quantitative estimate of drug-likeness (QED) is 0.693. The van der Waals surface area contributed by atoms with Gasteiger partial charge in [-0.25, -0.2) is 0 Å². The molecule has 1 amide bonds. The molecule has 1 aromatic carbocycles. The third kappa shape index (κ3) is 5.35. The van der Waals surface area contributed by atoms with Crippen LogP contribution in [0.5, 0.6) is 11.5 Å². The summed E-state index contributed by atoms with van der Waals surface area (Å²) < 4.78 is 10.6. The summed E-state index contributed by atoms with van der Waals surface area (Å²) in [6.07, 6.45) is 7.56. The number of ether oxygens (including phenoxy) is 2. The molecule has 2 aromatic rings. The minimum Gasteiger partial charge on any atom is -0.493 e. The maximum Gasteiger partial charge on any atom is 0.246 e. The van der Waals surface area contributed by atoms with Gasteiger partial charge in [0.2, 0.25) is 5.91 Å². The largest absolute Gasteiger partial charge is 0.493 e. The van der Waals surface area contributed by atoms with Crippen LogP contribution in [-0.2, 0) is 11.2 Å². The Morgan fingerprint density at radius 1 is 1.20 bits per heavy atom. The van der Waals surface area contributed by atoms with Crippen LogP contribution in [0.4, 0.5) is 0 Å². The van der Waals surface area contributed by atoms with Crippen molar-refractivity contribution >= 4 is 12.0 Å². The second kappa shape index (κ2) is 9.47. The molecular weight excluding hydrogens is 316 g/mol. The molecule has 0 spiro atoms. The minimum absolute atomic E-state index is 0.00757. The topological polar surface area (TPSA) is 51.7 Å². The zero-order chi connectivity index (χ0) is 18.1. The lowest BCUT2D eigenvalue weighted by Crippen LogP contribution is -2.31. The van der Waals surface area contributed by atoms with Gasteiger partial charge in [-0.3, -0.25) is 9.78 Å². The normalized spacial score (nSPS) is 10.7. The fourth-order valence-corrected chi connectivity index (χ4v) is 2.47. The van der Waals surface area contributed by atoms with Gasteiger partial charge in [0, 0.05) is 31.6 Å². The number of likely N-dealkylation sites (N-methyl/N-ethyl adjacent to an activating group) is 1. The molecule has 1 heterocycles. The van der Waals surface area contributed by atoms with E-state index in [1.165, 1.54) is 0 Å². The second-order valence-corrected chi connectivity index (χ2v) is 5.48. The fraction of sp³-hybridized carbons (Fsp3) is 0.300. The number of pyridine rings is 1. The molecule has 5 nitrogen and oxygen atoms in total. The number of nitrogens with zero attached hydrogens (tertiary/aromatic N) is 2. The van der Waals surface area contributed by atoms with Crippen molar-refractivity contribution in [3.8, 4) is 11.5 Å². The van der Waals surface area contributed by atoms with E-state index in [2.05, 4.69) is 4.98 Å². The van der Waals surface area contributed by atoms with E-state index in [4.69, 9.17) is 9.47 Å². The third-order valence-corrected chi connectivity index (χ3v) is 3.91. The Kier molecular flexibility index (Phi) is 7.01. The van der Waals surface area contributed by atoms with E-state index in [1.807, 2.05) is 42.2 Å². The molecule has 1 aromatic heterocycles. The standard InChI is InChI=1S/C20H24N2O3/c1-4-22(20(23)10-8-17-6-5-12-21-15-17)13-11-16-7-9-18(24-2)19(14-16)25-3/h5-10,12,14-15H,4,11,13H2,1-3H3/b10-8+. The Morgan fingerprint density at radius 2 is 2.00 bits per heavy atom. The SMILES string of the molecule is CCN(CCc1ccc(OC)c(OC)c1)C(=O)/C=C/c1cccnc1. The van der Waals surface area contributed by atoms with Gasteiger partial charge in [-0.15, -0.1) is 0 Å². The Labute approximate surface area is 148 Å². The van der Waals surface area contributed by atoms with Crippen LogP contribution in [0, 0.1) is 0 Å². The van der Waals surface area contributed by atoms with Crippen LogP contribution in [-0.4, -0.2) is 43.1 Å². The Morgan fingerprint density at radius 3 is 2.64 bits per heavy atom. The van der Waals surface area contributed by atoms with Gasteiger partial charge in [0.1, 0.15) is 0 Å². The van der Waals surface area contributed by atoms with Crippen molar-refractivity contribution in [1.82, 2.24) is 9.88 Å². The van der Waals surface area contributed by atoms with Gasteiger partial charge in [0.05, 0.1) is 14.2 Å². The van der Waals surface area contributed by atoms with Crippen molar-refractivity contribution < 1.29 is 14.3 Å². The number of carbonyl (C=O) groups is 1. The van der Waals surface area contributed by atoms with Crippen LogP contribution < -0.4 is 9.47 Å². The molecule has 0 radical (unpaired) electrons. The van der Waals surface area contributed by atoms with Crippen LogP contribution in [0.3, 0.4) is 0 Å². The van der Waals surface area contributed by atoms with Crippen LogP contribution in [0.2, 0.25) is 0 Å². The molecule has 0 fully saturated rings. The lowest BCUT2D eigenvalue weighted by molar-refractivity contribution is -0.125. The van der Waals surface area contributed by atoms with Crippen molar-refractivity contribution in [3.63, 3.8) is 0 Å². The summed E-state index contributed by atoms with van der Waals surface area (Å²) in [7, 11) is 3.23. The highest BCUT2D eigenvalue weighted by molar-refractivity contribution is 5.91. The predicted molar refractivity (Wildman–Crippen MR) is 98.8 cm³/mol. The summed E-state index contributed by atoms with van der Waals surface area (Å²) in [5.74, 6) is 1.40. The summed E-state index contributed by atoms with van der Waals surface area (Å²) >= 11 is 0. The summed E-state index contributed by atoms with van der Waals surface area (Å²) in [6.45, 7) is 3.27. The van der Waals surface area contributed by atoms with Gasteiger partial charge in [-0.05, 0) is 48.7 Å². The van der Waals surface area contributed by atoms with Gasteiger partial charge >= 0.3 is 0 Å². The third-order valence-electron chi connectivity index (χ3n) is 3.91. The highest BCUT2D eigenvalue weighted by atomic mass is 16.5. The maximum absolute atomic E-state index is 12.4. The number of hydrogen-bond acceptors (Lipinski definition) is 4. The lowest BCUT2D eigenvalue weighted by atomic mass is 10.1. The van der Waals surface area contributed by atoms with Crippen molar-refractivity contribution in [2.75, 3.05) is 27.3 Å². The first-order chi connectivity index (χ1) is 12.2. The molecule has 0 saturated heterocycles. The van der Waals surface area contributed by atoms with Crippen LogP contribution >= 0.6 is 0 Å². The molecule has 0 aliphatic carbocycles. The molecule has 0 saturated carbocycles. The zero-order valence-electron chi connectivity index (χ0n) is 14.9. The molecule has 0 atom stereocenters. The van der Waals surface area contributed by atoms with Gasteiger partial charge in [0.15, 0.2) is 11.5 Å². The summed E-state index contributed by atoms with van der Waals surface area (Å²) in [5.41, 5.74) is 2.01. The van der Waals surface area contributed by atoms with E-state index in [9.17, 15) is 4.79 Å². The Hall–Kier alpha value is -2.82. The number of aromatic nitrogens is 1. The predicted octanol–water partition coefficient (Wildman–Crippen LogP) is 3.20. The molecule has 0 aliphatic heterocycles. The Balaban J connectivity index is 1.97. The first kappa shape index (κ1) is 18.5. The number of carbonyl (C=O) groups excluding carboxylic acids is 1. The number of benzene rings is 1. The van der Waals surface area contributed by atoms with Crippen molar-refractivity contribution in [2.45, 2.75) is 13.3 Å². The average Bonchev–Trinajstić information content (AvgIpc) is 2.67. The summed E-state index contributed by atoms with van der Waals surface area (Å²) in [4.78, 5) is 18.2. The second-order valence-electron chi connectivity index (χ2n) is 5.48. The van der Waals surface area contributed by atoms with Gasteiger partial charge in [-0.2, -0.15) is 0 Å². The number of amides is 1. The highest BCUT2D eigenvalue weighted by Gasteiger charge is 2.10. The van der Waals surface area contributed by atoms with Gasteiger partial charge in [0.25, 0.3) is 0 Å². The average molecular weight is 340 g/mol. The van der Waals surface area contributed by atoms with Gasteiger partial charge < -0.3 is 14.4 Å². The summed E-state index contributed by atoms with van der Waals surface area (Å²) in [5, 5.41) is 0. The molecule has 0 aliphatic rings. The fourth-order valence-electron chi connectivity index (χ4n) is 2.47. The van der Waals surface area contributed by atoms with E-state index in [0.29, 0.717) is 24.6 Å². The molecule has 5 heteroatoms. The molecule has 0 N–H and O–H groups in total. The van der Waals surface area contributed by atoms with Crippen LogP contribution in [0.25, 0.3) is 6.08 Å². The van der Waals surface area contributed by atoms with Gasteiger partial charge in [-0.1, -0.05) is 12.1 Å². The molecule has 25 heavy (non-hydrogen) atoms. The zero-order valence-corrected chi connectivity index (χ0v) is 14.9. The number of methoxy groups -OCH3 is 2. The number of rotatable bonds is 8. The van der Waals surface area contributed by atoms with Crippen molar-refractivity contribution in [1.29, 1.82) is 0 Å². The van der Waals surface area contributed by atoms with E-state index < -0.39 is 0 Å². The van der Waals surface area contributed by atoms with Crippen LogP contribution in [0.15, 0.2) is 48.8 Å². The first-order valence-electron chi connectivity index (χ1n) is 8.25. The minimum atomic E-state index is -0.00757. The molecular formula is C20H24N2O3. The number of hydrogen-bond donors (Lipinski definition) is 0.